The van der Waals surface area contributed by atoms with Crippen molar-refractivity contribution in [2.45, 2.75) is 18.3 Å². The van der Waals surface area contributed by atoms with Gasteiger partial charge in [-0.2, -0.15) is 5.26 Å². The summed E-state index contributed by atoms with van der Waals surface area (Å²) in [5.74, 6) is 3.08. The molecule has 3 aliphatic heterocycles. The third-order valence-corrected chi connectivity index (χ3v) is 9.37. The Kier molecular flexibility index (Phi) is 6.44. The Balaban J connectivity index is 1.20. The maximum atomic E-state index is 11.0. The number of hydrogen-bond acceptors (Lipinski definition) is 8. The van der Waals surface area contributed by atoms with Crippen molar-refractivity contribution in [2.24, 2.45) is 17.8 Å². The van der Waals surface area contributed by atoms with Crippen LogP contribution < -0.4 is 9.47 Å². The van der Waals surface area contributed by atoms with E-state index in [2.05, 4.69) is 29.2 Å². The number of rotatable bonds is 7. The van der Waals surface area contributed by atoms with Crippen LogP contribution >= 0.6 is 0 Å². The molecule has 0 unspecified atom stereocenters. The minimum Gasteiger partial charge on any atom is -0.506 e. The second-order valence-electron chi connectivity index (χ2n) is 11.8. The number of aromatic hydroxyl groups is 2. The standard InChI is InChI=1S/C34H29N3O6/c35-17-22-1-6-29(15-32(22)38)42-27-7-2-23(3-8-27)34(25-13-21-14-26(34)20-36(18-21)19-25)24-4-9-28(10-5-24)43-30-11-12-31(37(40)41)33(39)16-30/h1-12,15-16,21,25-26,38-39H,13-14,18-20H2/t21-,25-,26+,34+. The van der Waals surface area contributed by atoms with Crippen molar-refractivity contribution in [3.05, 3.63) is 112 Å². The van der Waals surface area contributed by atoms with E-state index in [1.54, 1.807) is 6.07 Å². The van der Waals surface area contributed by atoms with Crippen LogP contribution in [0.25, 0.3) is 0 Å². The van der Waals surface area contributed by atoms with Gasteiger partial charge in [0.1, 0.15) is 34.8 Å². The van der Waals surface area contributed by atoms with E-state index < -0.39 is 10.7 Å². The SMILES string of the molecule is N#Cc1ccc(Oc2ccc([C@]3(c4ccc(Oc5ccc([N+](=O)[O-])c(O)c5)cc4)[C@@H]4C[C@@H]5C[C@H]3C[N@@](C5)C4)cc2)cc1O. The lowest BCUT2D eigenvalue weighted by molar-refractivity contribution is -0.385. The number of piperidine rings is 3. The van der Waals surface area contributed by atoms with Crippen LogP contribution in [0.1, 0.15) is 29.5 Å². The Hall–Kier alpha value is -5.07. The zero-order valence-electron chi connectivity index (χ0n) is 23.2. The summed E-state index contributed by atoms with van der Waals surface area (Å²) in [6.45, 7) is 3.29. The lowest BCUT2D eigenvalue weighted by atomic mass is 9.48. The van der Waals surface area contributed by atoms with E-state index in [-0.39, 0.29) is 22.4 Å². The average Bonchev–Trinajstić information content (AvgIpc) is 2.98. The molecule has 2 N–H and O–H groups in total. The van der Waals surface area contributed by atoms with Crippen LogP contribution in [-0.2, 0) is 5.41 Å². The smallest absolute Gasteiger partial charge is 0.310 e. The molecule has 4 aromatic rings. The molecule has 4 bridgehead atoms. The van der Waals surface area contributed by atoms with Crippen LogP contribution in [0.2, 0.25) is 0 Å². The summed E-state index contributed by atoms with van der Waals surface area (Å²) in [5.41, 5.74) is 2.12. The Morgan fingerprint density at radius 2 is 1.28 bits per heavy atom. The molecular weight excluding hydrogens is 546 g/mol. The maximum absolute atomic E-state index is 11.0. The van der Waals surface area contributed by atoms with Gasteiger partial charge in [-0.05, 0) is 84.2 Å². The zero-order valence-corrected chi connectivity index (χ0v) is 23.2. The Morgan fingerprint density at radius 3 is 1.74 bits per heavy atom. The number of ether oxygens (including phenoxy) is 2. The Labute approximate surface area is 248 Å². The number of nitriles is 1. The first-order valence-corrected chi connectivity index (χ1v) is 14.3. The van der Waals surface area contributed by atoms with Crippen LogP contribution in [0.4, 0.5) is 5.69 Å². The van der Waals surface area contributed by atoms with E-state index in [4.69, 9.17) is 14.7 Å². The van der Waals surface area contributed by atoms with Gasteiger partial charge < -0.3 is 24.6 Å². The van der Waals surface area contributed by atoms with E-state index in [9.17, 15) is 20.3 Å². The van der Waals surface area contributed by atoms with Gasteiger partial charge in [-0.25, -0.2) is 0 Å². The monoisotopic (exact) mass is 575 g/mol. The molecule has 1 saturated carbocycles. The highest BCUT2D eigenvalue weighted by molar-refractivity contribution is 5.52. The highest BCUT2D eigenvalue weighted by Gasteiger charge is 2.58. The van der Waals surface area contributed by atoms with Crippen molar-refractivity contribution in [3.63, 3.8) is 0 Å². The summed E-state index contributed by atoms with van der Waals surface area (Å²) >= 11 is 0. The number of nitro groups is 1. The molecule has 216 valence electrons. The Bertz CT molecular complexity index is 1720. The molecule has 0 aromatic heterocycles. The minimum absolute atomic E-state index is 0.114. The first kappa shape index (κ1) is 26.8. The molecule has 3 saturated heterocycles. The Morgan fingerprint density at radius 1 is 0.767 bits per heavy atom. The molecule has 4 aliphatic rings. The predicted molar refractivity (Wildman–Crippen MR) is 158 cm³/mol. The van der Waals surface area contributed by atoms with Gasteiger partial charge in [0, 0.05) is 43.2 Å². The first-order chi connectivity index (χ1) is 20.8. The number of nitro benzene ring substituents is 1. The fourth-order valence-electron chi connectivity index (χ4n) is 7.77. The molecular formula is C34H29N3O6. The molecule has 43 heavy (non-hydrogen) atoms. The number of phenols is 2. The van der Waals surface area contributed by atoms with Gasteiger partial charge in [-0.15, -0.1) is 0 Å². The third-order valence-electron chi connectivity index (χ3n) is 9.37. The molecule has 0 amide bonds. The number of nitrogens with zero attached hydrogens (tertiary/aromatic N) is 3. The number of phenolic OH excluding ortho intramolecular Hbond substituents is 2. The predicted octanol–water partition coefficient (Wildman–Crippen LogP) is 6.72. The second-order valence-corrected chi connectivity index (χ2v) is 11.8. The van der Waals surface area contributed by atoms with Crippen LogP contribution in [0.15, 0.2) is 84.9 Å². The average molecular weight is 576 g/mol. The van der Waals surface area contributed by atoms with Crippen molar-refractivity contribution < 1.29 is 24.6 Å². The quantitative estimate of drug-likeness (QED) is 0.184. The number of hydrogen-bond donors (Lipinski definition) is 2. The van der Waals surface area contributed by atoms with E-state index in [1.165, 1.54) is 60.8 Å². The normalized spacial score (nSPS) is 25.2. The van der Waals surface area contributed by atoms with Gasteiger partial charge in [0.05, 0.1) is 10.5 Å². The minimum atomic E-state index is -0.633. The largest absolute Gasteiger partial charge is 0.506 e. The van der Waals surface area contributed by atoms with Gasteiger partial charge >= 0.3 is 5.69 Å². The highest BCUT2D eigenvalue weighted by Crippen LogP contribution is 2.59. The van der Waals surface area contributed by atoms with Crippen molar-refractivity contribution >= 4 is 5.69 Å². The molecule has 1 aliphatic carbocycles. The van der Waals surface area contributed by atoms with Gasteiger partial charge in [-0.1, -0.05) is 24.3 Å². The highest BCUT2D eigenvalue weighted by atomic mass is 16.6. The lowest BCUT2D eigenvalue weighted by Crippen LogP contribution is -2.65. The molecule has 9 nitrogen and oxygen atoms in total. The third kappa shape index (κ3) is 4.60. The van der Waals surface area contributed by atoms with E-state index >= 15 is 0 Å². The van der Waals surface area contributed by atoms with Crippen LogP contribution in [0.3, 0.4) is 0 Å². The molecule has 3 heterocycles. The number of benzene rings is 4. The van der Waals surface area contributed by atoms with Crippen molar-refractivity contribution in [2.75, 3.05) is 19.6 Å². The van der Waals surface area contributed by atoms with Gasteiger partial charge in [-0.3, -0.25) is 10.1 Å². The summed E-state index contributed by atoms with van der Waals surface area (Å²) in [6, 6.07) is 26.9. The molecule has 4 fully saturated rings. The van der Waals surface area contributed by atoms with E-state index in [1.807, 2.05) is 30.3 Å². The molecule has 0 radical (unpaired) electrons. The summed E-state index contributed by atoms with van der Waals surface area (Å²) in [5, 5.41) is 40.2. The van der Waals surface area contributed by atoms with Crippen molar-refractivity contribution in [1.29, 1.82) is 5.26 Å². The second kappa shape index (κ2) is 10.3. The van der Waals surface area contributed by atoms with Gasteiger partial charge in [0.2, 0.25) is 0 Å². The van der Waals surface area contributed by atoms with E-state index in [0.717, 1.165) is 19.0 Å². The topological polar surface area (TPSA) is 129 Å². The summed E-state index contributed by atoms with van der Waals surface area (Å²) in [4.78, 5) is 13.0. The van der Waals surface area contributed by atoms with Crippen molar-refractivity contribution in [1.82, 2.24) is 4.90 Å². The molecule has 0 spiro atoms. The van der Waals surface area contributed by atoms with Crippen LogP contribution in [0, 0.1) is 39.2 Å². The molecule has 8 rings (SSSR count). The van der Waals surface area contributed by atoms with E-state index in [0.29, 0.717) is 34.8 Å². The zero-order chi connectivity index (χ0) is 29.7. The lowest BCUT2D eigenvalue weighted by Gasteiger charge is -2.63. The summed E-state index contributed by atoms with van der Waals surface area (Å²) in [7, 11) is 0. The fraction of sp³-hybridized carbons (Fsp3) is 0.265. The van der Waals surface area contributed by atoms with Crippen LogP contribution in [-0.4, -0.2) is 39.7 Å². The molecule has 9 heteroatoms. The molecule has 5 atom stereocenters. The van der Waals surface area contributed by atoms with Crippen LogP contribution in [0.5, 0.6) is 34.5 Å². The first-order valence-electron chi connectivity index (χ1n) is 14.3. The summed E-state index contributed by atoms with van der Waals surface area (Å²) < 4.78 is 12.0. The fourth-order valence-corrected chi connectivity index (χ4v) is 7.77. The van der Waals surface area contributed by atoms with Gasteiger partial charge in [0.15, 0.2) is 5.75 Å². The van der Waals surface area contributed by atoms with Gasteiger partial charge in [0.25, 0.3) is 0 Å². The summed E-state index contributed by atoms with van der Waals surface area (Å²) in [6.07, 6.45) is 2.35. The maximum Gasteiger partial charge on any atom is 0.310 e. The van der Waals surface area contributed by atoms with Crippen molar-refractivity contribution in [3.8, 4) is 40.6 Å². The molecule has 4 aromatic carbocycles.